The van der Waals surface area contributed by atoms with Gasteiger partial charge in [-0.15, -0.1) is 12.4 Å². The van der Waals surface area contributed by atoms with E-state index < -0.39 is 6.10 Å². The normalized spacial score (nSPS) is 15.0. The van der Waals surface area contributed by atoms with Gasteiger partial charge in [-0.05, 0) is 53.0 Å². The summed E-state index contributed by atoms with van der Waals surface area (Å²) in [5, 5.41) is 10.5. The summed E-state index contributed by atoms with van der Waals surface area (Å²) in [6.45, 7) is 0.746. The zero-order valence-corrected chi connectivity index (χ0v) is 16.0. The molecule has 0 amide bonds. The molecule has 1 N–H and O–H groups in total. The van der Waals surface area contributed by atoms with Gasteiger partial charge in [0.2, 0.25) is 0 Å². The Morgan fingerprint density at radius 2 is 1.88 bits per heavy atom. The van der Waals surface area contributed by atoms with Crippen molar-refractivity contribution in [3.8, 4) is 5.75 Å². The van der Waals surface area contributed by atoms with Crippen molar-refractivity contribution >= 4 is 39.4 Å². The minimum atomic E-state index is -0.591. The van der Waals surface area contributed by atoms with E-state index in [-0.39, 0.29) is 19.0 Å². The Balaban J connectivity index is 0.00000182. The number of ether oxygens (including phenoxy) is 1. The van der Waals surface area contributed by atoms with Crippen LogP contribution < -0.4 is 4.74 Å². The number of aliphatic hydroxyl groups excluding tert-OH is 1. The molecule has 4 nitrogen and oxygen atoms in total. The van der Waals surface area contributed by atoms with Gasteiger partial charge < -0.3 is 14.4 Å². The molecule has 2 aromatic carbocycles. The number of benzene rings is 2. The van der Waals surface area contributed by atoms with E-state index in [4.69, 9.17) is 9.72 Å². The third kappa shape index (κ3) is 4.00. The fourth-order valence-electron chi connectivity index (χ4n) is 2.95. The standard InChI is InChI=1S/C19H19BrN2O2.ClH/c20-15-5-1-4-8-18(15)24-12-14(23)11-22-17-7-3-2-6-16(17)21-19(22)13-9-10-13;/h1-8,13-14,23H,9-12H2;1H. The summed E-state index contributed by atoms with van der Waals surface area (Å²) in [7, 11) is 0. The Bertz CT molecular complexity index is 864. The number of hydrogen-bond acceptors (Lipinski definition) is 3. The Hall–Kier alpha value is -1.56. The lowest BCUT2D eigenvalue weighted by Gasteiger charge is -2.16. The van der Waals surface area contributed by atoms with Crippen LogP contribution in [0, 0.1) is 0 Å². The van der Waals surface area contributed by atoms with Crippen molar-refractivity contribution in [1.29, 1.82) is 0 Å². The topological polar surface area (TPSA) is 47.3 Å². The van der Waals surface area contributed by atoms with E-state index in [1.54, 1.807) is 0 Å². The maximum atomic E-state index is 10.5. The van der Waals surface area contributed by atoms with Gasteiger partial charge in [0.05, 0.1) is 22.1 Å². The summed E-state index contributed by atoms with van der Waals surface area (Å²) >= 11 is 3.46. The molecule has 3 aromatic rings. The van der Waals surface area contributed by atoms with Crippen molar-refractivity contribution in [3.63, 3.8) is 0 Å². The maximum Gasteiger partial charge on any atom is 0.133 e. The first-order valence-corrected chi connectivity index (χ1v) is 9.02. The van der Waals surface area contributed by atoms with Crippen molar-refractivity contribution in [2.45, 2.75) is 31.4 Å². The fraction of sp³-hybridized carbons (Fsp3) is 0.316. The van der Waals surface area contributed by atoms with E-state index in [1.807, 2.05) is 42.5 Å². The molecule has 0 aliphatic heterocycles. The third-order valence-corrected chi connectivity index (χ3v) is 4.94. The molecule has 1 aliphatic rings. The van der Waals surface area contributed by atoms with Crippen LogP contribution in [0.5, 0.6) is 5.75 Å². The van der Waals surface area contributed by atoms with E-state index in [9.17, 15) is 5.11 Å². The SMILES string of the molecule is Cl.OC(COc1ccccc1Br)Cn1c(C2CC2)nc2ccccc21. The van der Waals surface area contributed by atoms with Crippen molar-refractivity contribution < 1.29 is 9.84 Å². The van der Waals surface area contributed by atoms with Gasteiger partial charge in [0.15, 0.2) is 0 Å². The van der Waals surface area contributed by atoms with Crippen molar-refractivity contribution in [2.24, 2.45) is 0 Å². The van der Waals surface area contributed by atoms with Gasteiger partial charge in [0, 0.05) is 5.92 Å². The first-order chi connectivity index (χ1) is 11.7. The highest BCUT2D eigenvalue weighted by atomic mass is 79.9. The quantitative estimate of drug-likeness (QED) is 0.633. The molecular formula is C19H20BrClN2O2. The smallest absolute Gasteiger partial charge is 0.133 e. The van der Waals surface area contributed by atoms with Gasteiger partial charge in [0.25, 0.3) is 0 Å². The van der Waals surface area contributed by atoms with Gasteiger partial charge >= 0.3 is 0 Å². The lowest BCUT2D eigenvalue weighted by atomic mass is 10.3. The second-order valence-corrected chi connectivity index (χ2v) is 7.09. The molecule has 0 radical (unpaired) electrons. The van der Waals surface area contributed by atoms with E-state index in [2.05, 4.69) is 26.6 Å². The minimum absolute atomic E-state index is 0. The molecule has 1 saturated carbocycles. The van der Waals surface area contributed by atoms with Gasteiger partial charge in [-0.25, -0.2) is 4.98 Å². The molecule has 0 spiro atoms. The highest BCUT2D eigenvalue weighted by Gasteiger charge is 2.30. The summed E-state index contributed by atoms with van der Waals surface area (Å²) < 4.78 is 8.79. The average molecular weight is 424 g/mol. The largest absolute Gasteiger partial charge is 0.490 e. The number of para-hydroxylation sites is 3. The molecule has 1 unspecified atom stereocenters. The Kier molecular flexibility index (Phi) is 5.67. The van der Waals surface area contributed by atoms with Crippen LogP contribution in [0.2, 0.25) is 0 Å². The molecule has 1 atom stereocenters. The van der Waals surface area contributed by atoms with Crippen LogP contribution in [0.4, 0.5) is 0 Å². The molecule has 4 rings (SSSR count). The van der Waals surface area contributed by atoms with Gasteiger partial charge in [0.1, 0.15) is 24.3 Å². The second-order valence-electron chi connectivity index (χ2n) is 6.24. The summed E-state index contributed by atoms with van der Waals surface area (Å²) in [6.07, 6.45) is 1.78. The maximum absolute atomic E-state index is 10.5. The summed E-state index contributed by atoms with van der Waals surface area (Å²) in [5.41, 5.74) is 2.08. The van der Waals surface area contributed by atoms with Crippen molar-refractivity contribution in [3.05, 3.63) is 58.8 Å². The zero-order chi connectivity index (χ0) is 16.5. The second kappa shape index (κ2) is 7.77. The number of aromatic nitrogens is 2. The number of halogens is 2. The first kappa shape index (κ1) is 18.2. The lowest BCUT2D eigenvalue weighted by molar-refractivity contribution is 0.0923. The van der Waals surface area contributed by atoms with Crippen LogP contribution in [-0.2, 0) is 6.54 Å². The molecule has 1 aliphatic carbocycles. The highest BCUT2D eigenvalue weighted by molar-refractivity contribution is 9.10. The fourth-order valence-corrected chi connectivity index (χ4v) is 3.35. The highest BCUT2D eigenvalue weighted by Crippen LogP contribution is 2.40. The molecule has 1 aromatic heterocycles. The molecule has 6 heteroatoms. The van der Waals surface area contributed by atoms with E-state index >= 15 is 0 Å². The molecule has 0 saturated heterocycles. The monoisotopic (exact) mass is 422 g/mol. The van der Waals surface area contributed by atoms with Gasteiger partial charge in [-0.3, -0.25) is 0 Å². The number of imidazole rings is 1. The average Bonchev–Trinajstić information content (AvgIpc) is 3.37. The molecule has 1 fully saturated rings. The lowest BCUT2D eigenvalue weighted by Crippen LogP contribution is -2.24. The number of rotatable bonds is 6. The van der Waals surface area contributed by atoms with Gasteiger partial charge in [-0.2, -0.15) is 0 Å². The van der Waals surface area contributed by atoms with Crippen LogP contribution in [0.15, 0.2) is 53.0 Å². The molecule has 1 heterocycles. The van der Waals surface area contributed by atoms with Crippen molar-refractivity contribution in [1.82, 2.24) is 9.55 Å². The molecule has 132 valence electrons. The predicted octanol–water partition coefficient (Wildman–Crippen LogP) is 4.54. The minimum Gasteiger partial charge on any atom is -0.490 e. The van der Waals surface area contributed by atoms with Crippen molar-refractivity contribution in [2.75, 3.05) is 6.61 Å². The van der Waals surface area contributed by atoms with E-state index in [0.29, 0.717) is 12.5 Å². The first-order valence-electron chi connectivity index (χ1n) is 8.23. The summed E-state index contributed by atoms with van der Waals surface area (Å²) in [6, 6.07) is 15.8. The number of hydrogen-bond donors (Lipinski definition) is 1. The number of fused-ring (bicyclic) bond motifs is 1. The Morgan fingerprint density at radius 3 is 2.64 bits per heavy atom. The molecule has 25 heavy (non-hydrogen) atoms. The Morgan fingerprint density at radius 1 is 1.16 bits per heavy atom. The van der Waals surface area contributed by atoms with Crippen LogP contribution in [0.1, 0.15) is 24.6 Å². The van der Waals surface area contributed by atoms with Crippen LogP contribution in [-0.4, -0.2) is 27.4 Å². The van der Waals surface area contributed by atoms with E-state index in [1.165, 1.54) is 12.8 Å². The number of nitrogens with zero attached hydrogens (tertiary/aromatic N) is 2. The van der Waals surface area contributed by atoms with Crippen LogP contribution >= 0.6 is 28.3 Å². The molecule has 0 bridgehead atoms. The summed E-state index contributed by atoms with van der Waals surface area (Å²) in [5.74, 6) is 2.37. The number of aliphatic hydroxyl groups is 1. The molecular weight excluding hydrogens is 404 g/mol. The van der Waals surface area contributed by atoms with Crippen LogP contribution in [0.3, 0.4) is 0 Å². The zero-order valence-electron chi connectivity index (χ0n) is 13.6. The van der Waals surface area contributed by atoms with E-state index in [0.717, 1.165) is 27.1 Å². The van der Waals surface area contributed by atoms with Gasteiger partial charge in [-0.1, -0.05) is 24.3 Å². The predicted molar refractivity (Wildman–Crippen MR) is 105 cm³/mol. The van der Waals surface area contributed by atoms with Crippen LogP contribution in [0.25, 0.3) is 11.0 Å². The Labute approximate surface area is 161 Å². The summed E-state index contributed by atoms with van der Waals surface area (Å²) in [4.78, 5) is 4.76. The third-order valence-electron chi connectivity index (χ3n) is 4.29.